The number of amides is 1. The summed E-state index contributed by atoms with van der Waals surface area (Å²) in [6.45, 7) is 3.46. The lowest BCUT2D eigenvalue weighted by molar-refractivity contribution is -0.0809. The Hall–Kier alpha value is -1.30. The summed E-state index contributed by atoms with van der Waals surface area (Å²) in [5, 5.41) is 3.71. The number of hydrogen-bond acceptors (Lipinski definition) is 4. The molecule has 0 spiro atoms. The van der Waals surface area contributed by atoms with Crippen LogP contribution in [0.2, 0.25) is 5.02 Å². The van der Waals surface area contributed by atoms with E-state index in [1.807, 2.05) is 18.2 Å². The second-order valence-electron chi connectivity index (χ2n) is 7.62. The molecule has 1 aliphatic carbocycles. The SMILES string of the molecule is COC[C@H]1[C@@H](NC(=O)c2cc(N3CCCCC3)ccc2Cl)[C@H]2CCO[C@H]21. The van der Waals surface area contributed by atoms with E-state index in [1.165, 1.54) is 19.3 Å². The maximum Gasteiger partial charge on any atom is 0.253 e. The molecule has 3 fully saturated rings. The van der Waals surface area contributed by atoms with Gasteiger partial charge in [-0.15, -0.1) is 0 Å². The van der Waals surface area contributed by atoms with Gasteiger partial charge in [-0.2, -0.15) is 0 Å². The molecule has 2 aliphatic heterocycles. The van der Waals surface area contributed by atoms with E-state index in [2.05, 4.69) is 10.2 Å². The molecule has 2 heterocycles. The van der Waals surface area contributed by atoms with Crippen LogP contribution in [0, 0.1) is 11.8 Å². The van der Waals surface area contributed by atoms with E-state index in [0.717, 1.165) is 31.8 Å². The topological polar surface area (TPSA) is 50.8 Å². The molecule has 5 nitrogen and oxygen atoms in total. The van der Waals surface area contributed by atoms with Gasteiger partial charge in [-0.1, -0.05) is 11.6 Å². The molecule has 26 heavy (non-hydrogen) atoms. The minimum Gasteiger partial charge on any atom is -0.384 e. The highest BCUT2D eigenvalue weighted by Crippen LogP contribution is 2.44. The van der Waals surface area contributed by atoms with Gasteiger partial charge in [0.1, 0.15) is 0 Å². The fourth-order valence-corrected chi connectivity index (χ4v) is 4.90. The number of rotatable bonds is 5. The van der Waals surface area contributed by atoms with E-state index < -0.39 is 0 Å². The van der Waals surface area contributed by atoms with Gasteiger partial charge in [0.25, 0.3) is 5.91 Å². The Balaban J connectivity index is 1.48. The molecule has 4 rings (SSSR count). The molecule has 1 N–H and O–H groups in total. The number of piperidine rings is 1. The molecule has 1 aromatic carbocycles. The molecule has 0 radical (unpaired) electrons. The fourth-order valence-electron chi connectivity index (χ4n) is 4.70. The molecule has 0 aromatic heterocycles. The Bertz CT molecular complexity index is 662. The van der Waals surface area contributed by atoms with Gasteiger partial charge in [-0.05, 0) is 43.9 Å². The lowest BCUT2D eigenvalue weighted by Crippen LogP contribution is -2.62. The summed E-state index contributed by atoms with van der Waals surface area (Å²) in [6.07, 6.45) is 4.90. The van der Waals surface area contributed by atoms with Gasteiger partial charge in [0.05, 0.1) is 23.3 Å². The smallest absolute Gasteiger partial charge is 0.253 e. The zero-order valence-corrected chi connectivity index (χ0v) is 16.0. The van der Waals surface area contributed by atoms with Gasteiger partial charge in [-0.3, -0.25) is 4.79 Å². The predicted octanol–water partition coefficient (Wildman–Crippen LogP) is 3.11. The molecule has 142 valence electrons. The van der Waals surface area contributed by atoms with Crippen LogP contribution in [0.4, 0.5) is 5.69 Å². The molecule has 4 atom stereocenters. The van der Waals surface area contributed by atoms with E-state index in [-0.39, 0.29) is 24.0 Å². The fraction of sp³-hybridized carbons (Fsp3) is 0.650. The van der Waals surface area contributed by atoms with Gasteiger partial charge < -0.3 is 19.7 Å². The van der Waals surface area contributed by atoms with Crippen molar-refractivity contribution >= 4 is 23.2 Å². The van der Waals surface area contributed by atoms with Crippen LogP contribution >= 0.6 is 11.6 Å². The lowest BCUT2D eigenvalue weighted by Gasteiger charge is -2.47. The zero-order chi connectivity index (χ0) is 18.1. The van der Waals surface area contributed by atoms with Crippen molar-refractivity contribution in [1.82, 2.24) is 5.32 Å². The van der Waals surface area contributed by atoms with Crippen LogP contribution in [0.25, 0.3) is 0 Å². The number of ether oxygens (including phenoxy) is 2. The monoisotopic (exact) mass is 378 g/mol. The van der Waals surface area contributed by atoms with Crippen molar-refractivity contribution in [2.24, 2.45) is 11.8 Å². The zero-order valence-electron chi connectivity index (χ0n) is 15.2. The summed E-state index contributed by atoms with van der Waals surface area (Å²) in [7, 11) is 1.69. The molecule has 1 saturated carbocycles. The van der Waals surface area contributed by atoms with Crippen LogP contribution in [-0.2, 0) is 9.47 Å². The highest BCUT2D eigenvalue weighted by atomic mass is 35.5. The molecule has 6 heteroatoms. The van der Waals surface area contributed by atoms with Crippen molar-refractivity contribution < 1.29 is 14.3 Å². The van der Waals surface area contributed by atoms with Gasteiger partial charge in [0, 0.05) is 50.4 Å². The number of nitrogens with zero attached hydrogens (tertiary/aromatic N) is 1. The minimum atomic E-state index is -0.0923. The maximum atomic E-state index is 12.9. The van der Waals surface area contributed by atoms with E-state index in [9.17, 15) is 4.79 Å². The van der Waals surface area contributed by atoms with Gasteiger partial charge in [0.2, 0.25) is 0 Å². The molecular formula is C20H27ClN2O3. The average molecular weight is 379 g/mol. The number of halogens is 1. The molecule has 0 bridgehead atoms. The van der Waals surface area contributed by atoms with Crippen molar-refractivity contribution in [3.05, 3.63) is 28.8 Å². The van der Waals surface area contributed by atoms with Crippen LogP contribution in [0.3, 0.4) is 0 Å². The molecular weight excluding hydrogens is 352 g/mol. The summed E-state index contributed by atoms with van der Waals surface area (Å²) >= 11 is 6.35. The first-order valence-electron chi connectivity index (χ1n) is 9.65. The Labute approximate surface area is 160 Å². The van der Waals surface area contributed by atoms with E-state index in [4.69, 9.17) is 21.1 Å². The van der Waals surface area contributed by atoms with Crippen LogP contribution in [0.5, 0.6) is 0 Å². The van der Waals surface area contributed by atoms with Crippen molar-refractivity contribution in [3.8, 4) is 0 Å². The van der Waals surface area contributed by atoms with E-state index in [1.54, 1.807) is 7.11 Å². The molecule has 2 saturated heterocycles. The lowest BCUT2D eigenvalue weighted by atomic mass is 9.67. The van der Waals surface area contributed by atoms with Crippen LogP contribution in [0.1, 0.15) is 36.0 Å². The number of methoxy groups -OCH3 is 1. The third-order valence-corrected chi connectivity index (χ3v) is 6.43. The highest BCUT2D eigenvalue weighted by Gasteiger charge is 2.54. The Morgan fingerprint density at radius 3 is 2.92 bits per heavy atom. The average Bonchev–Trinajstić information content (AvgIpc) is 3.09. The van der Waals surface area contributed by atoms with Gasteiger partial charge >= 0.3 is 0 Å². The molecule has 1 amide bonds. The summed E-state index contributed by atoms with van der Waals surface area (Å²) < 4.78 is 11.1. The number of anilines is 1. The van der Waals surface area contributed by atoms with Crippen molar-refractivity contribution in [1.29, 1.82) is 0 Å². The second-order valence-corrected chi connectivity index (χ2v) is 8.03. The maximum absolute atomic E-state index is 12.9. The van der Waals surface area contributed by atoms with E-state index in [0.29, 0.717) is 23.1 Å². The van der Waals surface area contributed by atoms with Crippen LogP contribution in [0.15, 0.2) is 18.2 Å². The molecule has 0 unspecified atom stereocenters. The Morgan fingerprint density at radius 2 is 2.15 bits per heavy atom. The third-order valence-electron chi connectivity index (χ3n) is 6.10. The second kappa shape index (κ2) is 7.75. The summed E-state index contributed by atoms with van der Waals surface area (Å²) in [6, 6.07) is 5.90. The highest BCUT2D eigenvalue weighted by molar-refractivity contribution is 6.34. The molecule has 1 aromatic rings. The first kappa shape index (κ1) is 18.1. The van der Waals surface area contributed by atoms with Gasteiger partial charge in [0.15, 0.2) is 0 Å². The first-order chi connectivity index (χ1) is 12.7. The summed E-state index contributed by atoms with van der Waals surface area (Å²) in [5.41, 5.74) is 1.65. The Morgan fingerprint density at radius 1 is 1.35 bits per heavy atom. The number of hydrogen-bond donors (Lipinski definition) is 1. The Kier molecular flexibility index (Phi) is 5.39. The standard InChI is InChI=1S/C20H27ClN2O3/c1-25-12-16-18(14-7-10-26-19(14)16)22-20(24)15-11-13(5-6-17(15)21)23-8-3-2-4-9-23/h5-6,11,14,16,18-19H,2-4,7-10,12H2,1H3,(H,22,24)/t14-,16+,18+,19-/m1/s1. The third kappa shape index (κ3) is 3.32. The van der Waals surface area contributed by atoms with E-state index >= 15 is 0 Å². The number of carbonyl (C=O) groups is 1. The van der Waals surface area contributed by atoms with Crippen molar-refractivity contribution in [3.63, 3.8) is 0 Å². The normalized spacial score (nSPS) is 30.6. The van der Waals surface area contributed by atoms with Crippen LogP contribution < -0.4 is 10.2 Å². The van der Waals surface area contributed by atoms with Crippen LogP contribution in [-0.4, -0.2) is 51.5 Å². The predicted molar refractivity (Wildman–Crippen MR) is 102 cm³/mol. The molecule has 3 aliphatic rings. The van der Waals surface area contributed by atoms with Crippen molar-refractivity contribution in [2.75, 3.05) is 38.3 Å². The number of benzene rings is 1. The minimum absolute atomic E-state index is 0.0923. The summed E-state index contributed by atoms with van der Waals surface area (Å²) in [5.74, 6) is 0.522. The number of carbonyl (C=O) groups excluding carboxylic acids is 1. The van der Waals surface area contributed by atoms with Gasteiger partial charge in [-0.25, -0.2) is 0 Å². The number of fused-ring (bicyclic) bond motifs is 1. The largest absolute Gasteiger partial charge is 0.384 e. The quantitative estimate of drug-likeness (QED) is 0.855. The first-order valence-corrected chi connectivity index (χ1v) is 10.0. The summed E-state index contributed by atoms with van der Waals surface area (Å²) in [4.78, 5) is 15.3. The number of nitrogens with one attached hydrogen (secondary N) is 1. The van der Waals surface area contributed by atoms with Crippen molar-refractivity contribution in [2.45, 2.75) is 37.8 Å².